The molecule has 3 heteroatoms. The molecule has 0 heterocycles. The second-order valence-electron chi connectivity index (χ2n) is 3.26. The minimum atomic E-state index is -0.867. The first kappa shape index (κ1) is 12.2. The van der Waals surface area contributed by atoms with Gasteiger partial charge in [0.1, 0.15) is 0 Å². The summed E-state index contributed by atoms with van der Waals surface area (Å²) in [6, 6.07) is 11.3. The molecule has 0 fully saturated rings. The Morgan fingerprint density at radius 1 is 1.13 bits per heavy atom. The molecule has 2 aromatic carbocycles. The molecule has 2 nitrogen and oxygen atoms in total. The van der Waals surface area contributed by atoms with Gasteiger partial charge in [-0.3, -0.25) is 0 Å². The number of carbonyl (C=O) groups is 1. The largest absolute Gasteiger partial charge is 0.478 e. The van der Waals surface area contributed by atoms with Crippen LogP contribution in [0.1, 0.15) is 15.9 Å². The Bertz CT molecular complexity index is 506. The fourth-order valence-corrected chi connectivity index (χ4v) is 1.66. The van der Waals surface area contributed by atoms with Gasteiger partial charge in [0.15, 0.2) is 0 Å². The molecule has 0 aliphatic carbocycles. The van der Waals surface area contributed by atoms with E-state index in [1.807, 2.05) is 37.3 Å². The van der Waals surface area contributed by atoms with Crippen molar-refractivity contribution in [2.45, 2.75) is 6.92 Å². The zero-order valence-corrected chi connectivity index (χ0v) is 14.0. The van der Waals surface area contributed by atoms with Crippen molar-refractivity contribution in [2.75, 3.05) is 0 Å². The molecule has 0 bridgehead atoms. The van der Waals surface area contributed by atoms with Crippen molar-refractivity contribution in [2.24, 2.45) is 0 Å². The van der Waals surface area contributed by atoms with E-state index in [2.05, 4.69) is 0 Å². The van der Waals surface area contributed by atoms with E-state index in [0.717, 1.165) is 16.3 Å². The Kier molecular flexibility index (Phi) is 3.86. The molecule has 0 spiro atoms. The molecule has 0 saturated heterocycles. The van der Waals surface area contributed by atoms with E-state index in [1.54, 1.807) is 6.07 Å². The molecule has 1 N–H and O–H groups in total. The van der Waals surface area contributed by atoms with Crippen LogP contribution >= 0.6 is 0 Å². The van der Waals surface area contributed by atoms with Gasteiger partial charge in [-0.1, -0.05) is 30.3 Å². The molecule has 0 aromatic heterocycles. The average Bonchev–Trinajstić information content (AvgIpc) is 2.18. The summed E-state index contributed by atoms with van der Waals surface area (Å²) in [5.41, 5.74) is 1.21. The molecular weight excluding hydrogens is 377 g/mol. The molecule has 0 aliphatic rings. The van der Waals surface area contributed by atoms with Crippen LogP contribution in [-0.2, 0) is 27.7 Å². The smallest absolute Gasteiger partial charge is 0.335 e. The van der Waals surface area contributed by atoms with Crippen molar-refractivity contribution in [1.82, 2.24) is 0 Å². The van der Waals surface area contributed by atoms with Crippen molar-refractivity contribution in [3.63, 3.8) is 0 Å². The van der Waals surface area contributed by atoms with E-state index < -0.39 is 5.97 Å². The summed E-state index contributed by atoms with van der Waals surface area (Å²) in [4.78, 5) is 10.9. The summed E-state index contributed by atoms with van der Waals surface area (Å²) in [5.74, 6) is -0.867. The van der Waals surface area contributed by atoms with Crippen LogP contribution in [-0.4, -0.2) is 11.1 Å². The van der Waals surface area contributed by atoms with E-state index in [1.165, 1.54) is 0 Å². The van der Waals surface area contributed by atoms with Crippen LogP contribution in [0.3, 0.4) is 0 Å². The summed E-state index contributed by atoms with van der Waals surface area (Å²) >= 11 is 0. The van der Waals surface area contributed by atoms with Gasteiger partial charge >= 0.3 is 5.97 Å². The van der Waals surface area contributed by atoms with E-state index in [4.69, 9.17) is 5.11 Å². The van der Waals surface area contributed by atoms with Gasteiger partial charge in [0.25, 0.3) is 0 Å². The van der Waals surface area contributed by atoms with Crippen LogP contribution in [0.2, 0.25) is 0 Å². The molecule has 15 heavy (non-hydrogen) atoms. The Hall–Kier alpha value is -0.895. The van der Waals surface area contributed by atoms with Crippen molar-refractivity contribution >= 4 is 16.7 Å². The first-order chi connectivity index (χ1) is 6.70. The zero-order chi connectivity index (χ0) is 10.1. The second kappa shape index (κ2) is 4.75. The van der Waals surface area contributed by atoms with Crippen LogP contribution in [0.25, 0.3) is 10.8 Å². The summed E-state index contributed by atoms with van der Waals surface area (Å²) < 4.78 is 0. The topological polar surface area (TPSA) is 37.3 Å². The predicted molar refractivity (Wildman–Crippen MR) is 55.6 cm³/mol. The maximum atomic E-state index is 10.9. The van der Waals surface area contributed by atoms with Crippen molar-refractivity contribution in [3.8, 4) is 0 Å². The molecule has 2 rings (SSSR count). The average molecular weight is 387 g/mol. The molecule has 0 radical (unpaired) electrons. The third-order valence-corrected chi connectivity index (χ3v) is 2.43. The third kappa shape index (κ3) is 2.20. The molecular formula is C12H10HgO2. The van der Waals surface area contributed by atoms with Gasteiger partial charge < -0.3 is 5.11 Å². The third-order valence-electron chi connectivity index (χ3n) is 2.43. The number of aryl methyl sites for hydroxylation is 1. The van der Waals surface area contributed by atoms with E-state index >= 15 is 0 Å². The van der Waals surface area contributed by atoms with E-state index in [9.17, 15) is 4.79 Å². The Balaban J connectivity index is 0.00000112. The zero-order valence-electron chi connectivity index (χ0n) is 8.53. The van der Waals surface area contributed by atoms with Crippen LogP contribution in [0.15, 0.2) is 36.4 Å². The first-order valence-electron chi connectivity index (χ1n) is 4.42. The van der Waals surface area contributed by atoms with Gasteiger partial charge in [0, 0.05) is 27.7 Å². The van der Waals surface area contributed by atoms with Gasteiger partial charge in [0.2, 0.25) is 0 Å². The number of aromatic carboxylic acids is 1. The molecule has 0 atom stereocenters. The fourth-order valence-electron chi connectivity index (χ4n) is 1.66. The Morgan fingerprint density at radius 2 is 1.80 bits per heavy atom. The molecule has 2 aromatic rings. The standard InChI is InChI=1S/C12H10O2.Hg/c1-8-10-5-3-2-4-9(10)6-7-11(8)12(13)14;/h2-7H,1H3,(H,13,14);. The first-order valence-corrected chi connectivity index (χ1v) is 4.42. The van der Waals surface area contributed by atoms with Crippen LogP contribution in [0.5, 0.6) is 0 Å². The number of hydrogen-bond acceptors (Lipinski definition) is 1. The fraction of sp³-hybridized carbons (Fsp3) is 0.0833. The van der Waals surface area contributed by atoms with Crippen molar-refractivity contribution < 1.29 is 37.6 Å². The number of benzene rings is 2. The summed E-state index contributed by atoms with van der Waals surface area (Å²) in [6.45, 7) is 1.84. The SMILES string of the molecule is Cc1c(C(=O)O)ccc2ccccc12.[Hg]. The second-order valence-corrected chi connectivity index (χ2v) is 3.26. The van der Waals surface area contributed by atoms with Gasteiger partial charge in [-0.2, -0.15) is 0 Å². The van der Waals surface area contributed by atoms with Gasteiger partial charge in [-0.25, -0.2) is 4.79 Å². The normalized spacial score (nSPS) is 9.67. The molecule has 72 valence electrons. The molecule has 0 amide bonds. The maximum Gasteiger partial charge on any atom is 0.335 e. The molecule has 0 saturated carbocycles. The van der Waals surface area contributed by atoms with E-state index in [0.29, 0.717) is 5.56 Å². The molecule has 0 aliphatic heterocycles. The quantitative estimate of drug-likeness (QED) is 0.765. The number of carboxylic acid groups (broad SMARTS) is 1. The minimum Gasteiger partial charge on any atom is -0.478 e. The van der Waals surface area contributed by atoms with Gasteiger partial charge in [-0.05, 0) is 29.3 Å². The van der Waals surface area contributed by atoms with Gasteiger partial charge in [0.05, 0.1) is 5.56 Å². The molecule has 0 unspecified atom stereocenters. The number of hydrogen-bond donors (Lipinski definition) is 1. The maximum absolute atomic E-state index is 10.9. The van der Waals surface area contributed by atoms with Crippen LogP contribution < -0.4 is 0 Å². The van der Waals surface area contributed by atoms with Crippen molar-refractivity contribution in [1.29, 1.82) is 0 Å². The number of fused-ring (bicyclic) bond motifs is 1. The Labute approximate surface area is 108 Å². The van der Waals surface area contributed by atoms with Crippen molar-refractivity contribution in [3.05, 3.63) is 47.5 Å². The number of carboxylic acids is 1. The number of rotatable bonds is 1. The minimum absolute atomic E-state index is 0. The van der Waals surface area contributed by atoms with Gasteiger partial charge in [-0.15, -0.1) is 0 Å². The van der Waals surface area contributed by atoms with Crippen LogP contribution in [0, 0.1) is 6.92 Å². The predicted octanol–water partition coefficient (Wildman–Crippen LogP) is 2.84. The monoisotopic (exact) mass is 388 g/mol. The Morgan fingerprint density at radius 3 is 2.47 bits per heavy atom. The van der Waals surface area contributed by atoms with Crippen LogP contribution in [0.4, 0.5) is 0 Å². The summed E-state index contributed by atoms with van der Waals surface area (Å²) in [7, 11) is 0. The summed E-state index contributed by atoms with van der Waals surface area (Å²) in [6.07, 6.45) is 0. The van der Waals surface area contributed by atoms with E-state index in [-0.39, 0.29) is 27.7 Å². The summed E-state index contributed by atoms with van der Waals surface area (Å²) in [5, 5.41) is 11.0.